The third-order valence-electron chi connectivity index (χ3n) is 6.13. The highest BCUT2D eigenvalue weighted by Crippen LogP contribution is 2.29. The van der Waals surface area contributed by atoms with Gasteiger partial charge in [-0.25, -0.2) is 13.2 Å². The van der Waals surface area contributed by atoms with Crippen molar-refractivity contribution in [1.82, 2.24) is 9.62 Å². The van der Waals surface area contributed by atoms with E-state index < -0.39 is 16.0 Å². The van der Waals surface area contributed by atoms with Gasteiger partial charge in [-0.1, -0.05) is 46.6 Å². The van der Waals surface area contributed by atoms with E-state index in [4.69, 9.17) is 4.74 Å². The van der Waals surface area contributed by atoms with Crippen LogP contribution in [0.15, 0.2) is 23.1 Å². The number of aryl methyl sites for hydroxylation is 1. The summed E-state index contributed by atoms with van der Waals surface area (Å²) in [5.41, 5.74) is 0.662. The van der Waals surface area contributed by atoms with Crippen LogP contribution in [0.2, 0.25) is 0 Å². The molecule has 1 fully saturated rings. The number of nitrogens with one attached hydrogen (secondary N) is 1. The number of hydrogen-bond acceptors (Lipinski definition) is 5. The molecule has 0 spiro atoms. The maximum absolute atomic E-state index is 12.8. The van der Waals surface area contributed by atoms with Gasteiger partial charge in [0.1, 0.15) is 0 Å². The molecule has 0 saturated heterocycles. The maximum atomic E-state index is 12.8. The van der Waals surface area contributed by atoms with Crippen LogP contribution < -0.4 is 5.32 Å². The summed E-state index contributed by atoms with van der Waals surface area (Å²) in [4.78, 5) is 24.8. The molecule has 0 unspecified atom stereocenters. The lowest BCUT2D eigenvalue weighted by Gasteiger charge is -2.34. The Bertz CT molecular complexity index is 864. The zero-order valence-electron chi connectivity index (χ0n) is 18.6. The molecule has 168 valence electrons. The number of ether oxygens (including phenoxy) is 1. The smallest absolute Gasteiger partial charge is 0.338 e. The summed E-state index contributed by atoms with van der Waals surface area (Å²) in [7, 11) is -3.70. The van der Waals surface area contributed by atoms with Crippen molar-refractivity contribution in [1.29, 1.82) is 0 Å². The molecule has 0 bridgehead atoms. The fourth-order valence-corrected chi connectivity index (χ4v) is 5.66. The fourth-order valence-electron chi connectivity index (χ4n) is 3.96. The predicted molar refractivity (Wildman–Crippen MR) is 116 cm³/mol. The van der Waals surface area contributed by atoms with E-state index in [0.717, 1.165) is 19.3 Å². The molecule has 2 rings (SSSR count). The van der Waals surface area contributed by atoms with Gasteiger partial charge in [0.05, 0.1) is 10.5 Å². The first-order valence-electron chi connectivity index (χ1n) is 10.7. The summed E-state index contributed by atoms with van der Waals surface area (Å²) >= 11 is 0. The van der Waals surface area contributed by atoms with Crippen molar-refractivity contribution in [3.8, 4) is 0 Å². The SMILES string of the molecule is CCN(CC)S(=O)(=O)c1cc(C(=O)OCC(=O)N[C@@H]2CCC[C@H](C)[C@@H]2C)ccc1C. The van der Waals surface area contributed by atoms with Crippen molar-refractivity contribution < 1.29 is 22.7 Å². The Morgan fingerprint density at radius 3 is 2.47 bits per heavy atom. The van der Waals surface area contributed by atoms with Crippen LogP contribution in [0.3, 0.4) is 0 Å². The Morgan fingerprint density at radius 2 is 1.83 bits per heavy atom. The number of esters is 1. The first kappa shape index (κ1) is 24.3. The number of sulfonamides is 1. The van der Waals surface area contributed by atoms with Crippen molar-refractivity contribution >= 4 is 21.9 Å². The standard InChI is InChI=1S/C22H34N2O5S/c1-6-24(7-2)30(27,28)20-13-18(12-11-16(20)4)22(26)29-14-21(25)23-19-10-8-9-15(3)17(19)5/h11-13,15,17,19H,6-10,14H2,1-5H3,(H,23,25)/t15-,17-,19+/m0/s1. The van der Waals surface area contributed by atoms with Gasteiger partial charge < -0.3 is 10.1 Å². The molecule has 0 aliphatic heterocycles. The number of hydrogen-bond donors (Lipinski definition) is 1. The Balaban J connectivity index is 2.04. The van der Waals surface area contributed by atoms with E-state index in [0.29, 0.717) is 30.5 Å². The highest BCUT2D eigenvalue weighted by molar-refractivity contribution is 7.89. The minimum atomic E-state index is -3.70. The van der Waals surface area contributed by atoms with Crippen LogP contribution in [0.4, 0.5) is 0 Å². The van der Waals surface area contributed by atoms with Gasteiger partial charge in [-0.05, 0) is 42.9 Å². The molecule has 1 N–H and O–H groups in total. The maximum Gasteiger partial charge on any atom is 0.338 e. The Kier molecular flexibility index (Phi) is 8.43. The summed E-state index contributed by atoms with van der Waals surface area (Å²) in [5.74, 6) is -0.128. The third kappa shape index (κ3) is 5.60. The van der Waals surface area contributed by atoms with Crippen molar-refractivity contribution in [3.63, 3.8) is 0 Å². The van der Waals surface area contributed by atoms with Crippen molar-refractivity contribution in [3.05, 3.63) is 29.3 Å². The van der Waals surface area contributed by atoms with Crippen LogP contribution >= 0.6 is 0 Å². The quantitative estimate of drug-likeness (QED) is 0.630. The molecule has 1 aromatic carbocycles. The molecule has 1 amide bonds. The van der Waals surface area contributed by atoms with Crippen LogP contribution in [0.5, 0.6) is 0 Å². The summed E-state index contributed by atoms with van der Waals surface area (Å²) in [6, 6.07) is 4.51. The van der Waals surface area contributed by atoms with Crippen LogP contribution in [-0.4, -0.2) is 50.3 Å². The number of benzene rings is 1. The molecule has 0 radical (unpaired) electrons. The van der Waals surface area contributed by atoms with Crippen LogP contribution in [0.25, 0.3) is 0 Å². The number of rotatable bonds is 8. The minimum Gasteiger partial charge on any atom is -0.452 e. The van der Waals surface area contributed by atoms with Crippen molar-refractivity contribution in [2.75, 3.05) is 19.7 Å². The fraction of sp³-hybridized carbons (Fsp3) is 0.636. The van der Waals surface area contributed by atoms with E-state index in [9.17, 15) is 18.0 Å². The average molecular weight is 439 g/mol. The molecular weight excluding hydrogens is 404 g/mol. The molecule has 1 saturated carbocycles. The summed E-state index contributed by atoms with van der Waals surface area (Å²) < 4.78 is 32.2. The van der Waals surface area contributed by atoms with Gasteiger partial charge in [0.2, 0.25) is 10.0 Å². The van der Waals surface area contributed by atoms with Crippen molar-refractivity contribution in [2.24, 2.45) is 11.8 Å². The van der Waals surface area contributed by atoms with Gasteiger partial charge in [-0.2, -0.15) is 4.31 Å². The lowest BCUT2D eigenvalue weighted by atomic mass is 9.78. The van der Waals surface area contributed by atoms with Crippen molar-refractivity contribution in [2.45, 2.75) is 64.8 Å². The predicted octanol–water partition coefficient (Wildman–Crippen LogP) is 3.12. The molecule has 1 aliphatic carbocycles. The molecule has 1 aromatic rings. The lowest BCUT2D eigenvalue weighted by molar-refractivity contribution is -0.125. The minimum absolute atomic E-state index is 0.0788. The number of nitrogens with zero attached hydrogens (tertiary/aromatic N) is 1. The van der Waals surface area contributed by atoms with Gasteiger partial charge in [-0.15, -0.1) is 0 Å². The van der Waals surface area contributed by atoms with E-state index in [2.05, 4.69) is 19.2 Å². The highest BCUT2D eigenvalue weighted by Gasteiger charge is 2.29. The Morgan fingerprint density at radius 1 is 1.17 bits per heavy atom. The molecule has 30 heavy (non-hydrogen) atoms. The van der Waals surface area contributed by atoms with Gasteiger partial charge in [-0.3, -0.25) is 4.79 Å². The zero-order valence-corrected chi connectivity index (χ0v) is 19.4. The molecule has 0 aromatic heterocycles. The van der Waals surface area contributed by atoms with E-state index >= 15 is 0 Å². The van der Waals surface area contributed by atoms with Crippen LogP contribution in [0.1, 0.15) is 62.9 Å². The number of carbonyl (C=O) groups excluding carboxylic acids is 2. The largest absolute Gasteiger partial charge is 0.452 e. The van der Waals surface area contributed by atoms with Gasteiger partial charge >= 0.3 is 5.97 Å². The number of amides is 1. The van der Waals surface area contributed by atoms with Crippen LogP contribution in [0, 0.1) is 18.8 Å². The van der Waals surface area contributed by atoms with E-state index in [-0.39, 0.29) is 29.0 Å². The summed E-state index contributed by atoms with van der Waals surface area (Å²) in [6.07, 6.45) is 3.16. The monoisotopic (exact) mass is 438 g/mol. The second-order valence-corrected chi connectivity index (χ2v) is 9.99. The molecule has 0 heterocycles. The average Bonchev–Trinajstić information content (AvgIpc) is 2.70. The first-order valence-corrected chi connectivity index (χ1v) is 12.1. The molecule has 1 aliphatic rings. The topological polar surface area (TPSA) is 92.8 Å². The molecular formula is C22H34N2O5S. The normalized spacial score (nSPS) is 22.0. The van der Waals surface area contributed by atoms with E-state index in [1.54, 1.807) is 26.8 Å². The molecule has 3 atom stereocenters. The van der Waals surface area contributed by atoms with E-state index in [1.807, 2.05) is 0 Å². The van der Waals surface area contributed by atoms with Gasteiger partial charge in [0.25, 0.3) is 5.91 Å². The van der Waals surface area contributed by atoms with Gasteiger partial charge in [0.15, 0.2) is 6.61 Å². The zero-order chi connectivity index (χ0) is 22.5. The Hall–Kier alpha value is -1.93. The Labute approximate surface area is 180 Å². The van der Waals surface area contributed by atoms with Crippen LogP contribution in [-0.2, 0) is 19.6 Å². The second-order valence-electron chi connectivity index (χ2n) is 8.09. The molecule has 8 heteroatoms. The lowest BCUT2D eigenvalue weighted by Crippen LogP contribution is -2.45. The highest BCUT2D eigenvalue weighted by atomic mass is 32.2. The van der Waals surface area contributed by atoms with Gasteiger partial charge in [0, 0.05) is 19.1 Å². The third-order valence-corrected chi connectivity index (χ3v) is 8.33. The first-order chi connectivity index (χ1) is 14.1. The second kappa shape index (κ2) is 10.4. The van der Waals surface area contributed by atoms with E-state index in [1.165, 1.54) is 16.4 Å². The summed E-state index contributed by atoms with van der Waals surface area (Å²) in [6.45, 7) is 9.82. The molecule has 7 nitrogen and oxygen atoms in total. The number of carbonyl (C=O) groups is 2. The summed E-state index contributed by atoms with van der Waals surface area (Å²) in [5, 5.41) is 2.96.